The molecule has 8 nitrogen and oxygen atoms in total. The van der Waals surface area contributed by atoms with Crippen molar-refractivity contribution in [3.8, 4) is 11.1 Å². The minimum absolute atomic E-state index is 0.0712. The summed E-state index contributed by atoms with van der Waals surface area (Å²) in [5, 5.41) is 8.68. The van der Waals surface area contributed by atoms with Gasteiger partial charge in [-0.1, -0.05) is 17.3 Å². The molecule has 0 saturated heterocycles. The average Bonchev–Trinajstić information content (AvgIpc) is 3.56. The molecule has 0 atom stereocenters. The van der Waals surface area contributed by atoms with Crippen LogP contribution in [-0.2, 0) is 16.6 Å². The number of hydrogen-bond acceptors (Lipinski definition) is 7. The zero-order chi connectivity index (χ0) is 26.2. The van der Waals surface area contributed by atoms with E-state index in [0.29, 0.717) is 16.8 Å². The van der Waals surface area contributed by atoms with Gasteiger partial charge in [-0.15, -0.1) is 0 Å². The van der Waals surface area contributed by atoms with Gasteiger partial charge in [-0.2, -0.15) is 17.6 Å². The highest BCUT2D eigenvalue weighted by molar-refractivity contribution is 5.91. The van der Waals surface area contributed by atoms with Gasteiger partial charge in [0.1, 0.15) is 11.2 Å². The molecule has 1 aromatic carbocycles. The molecule has 0 unspecified atom stereocenters. The molecule has 1 saturated carbocycles. The Morgan fingerprint density at radius 1 is 0.973 bits per heavy atom. The van der Waals surface area contributed by atoms with E-state index in [2.05, 4.69) is 30.7 Å². The Balaban J connectivity index is 1.21. The largest absolute Gasteiger partial charge is 0.401 e. The lowest BCUT2D eigenvalue weighted by atomic mass is 10.0. The Bertz CT molecular complexity index is 1430. The summed E-state index contributed by atoms with van der Waals surface area (Å²) in [6.45, 7) is 0. The molecular weight excluding hydrogens is 499 g/mol. The Morgan fingerprint density at radius 2 is 1.73 bits per heavy atom. The number of nitrogens with one attached hydrogen (secondary N) is 2. The first-order valence-electron chi connectivity index (χ1n) is 11.0. The number of rotatable bonds is 7. The molecular formula is C24H17F5N6O2. The monoisotopic (exact) mass is 516 g/mol. The van der Waals surface area contributed by atoms with Crippen LogP contribution in [0.2, 0.25) is 0 Å². The summed E-state index contributed by atoms with van der Waals surface area (Å²) in [5.41, 5.74) is -0.536. The van der Waals surface area contributed by atoms with E-state index in [1.54, 1.807) is 6.07 Å². The fourth-order valence-electron chi connectivity index (χ4n) is 3.70. The van der Waals surface area contributed by atoms with Gasteiger partial charge in [0.15, 0.2) is 11.6 Å². The Kier molecular flexibility index (Phi) is 6.05. The molecule has 0 bridgehead atoms. The molecule has 1 amide bonds. The summed E-state index contributed by atoms with van der Waals surface area (Å²) in [7, 11) is 0. The molecule has 1 fully saturated rings. The second-order valence-electron chi connectivity index (χ2n) is 8.48. The Hall–Kier alpha value is -4.42. The highest BCUT2D eigenvalue weighted by atomic mass is 19.4. The lowest BCUT2D eigenvalue weighted by Crippen LogP contribution is -2.28. The number of pyridine rings is 1. The number of amides is 1. The molecule has 5 rings (SSSR count). The van der Waals surface area contributed by atoms with Gasteiger partial charge in [0, 0.05) is 24.0 Å². The first-order chi connectivity index (χ1) is 17.6. The van der Waals surface area contributed by atoms with Crippen molar-refractivity contribution in [2.24, 2.45) is 0 Å². The van der Waals surface area contributed by atoms with Gasteiger partial charge in [0.2, 0.25) is 17.8 Å². The number of hydrogen-bond donors (Lipinski definition) is 2. The van der Waals surface area contributed by atoms with Crippen LogP contribution in [0.3, 0.4) is 0 Å². The smallest absolute Gasteiger partial charge is 0.358 e. The maximum atomic E-state index is 14.7. The van der Waals surface area contributed by atoms with E-state index in [0.717, 1.165) is 6.07 Å². The topological polar surface area (TPSA) is 106 Å². The number of alkyl halides is 3. The van der Waals surface area contributed by atoms with Crippen LogP contribution in [0.1, 0.15) is 24.2 Å². The summed E-state index contributed by atoms with van der Waals surface area (Å²) in [6, 6.07) is 7.90. The van der Waals surface area contributed by atoms with Crippen molar-refractivity contribution >= 4 is 23.4 Å². The standard InChI is InChI=1S/C24H17F5N6O2/c25-17-7-13(15-10-31-22(32-11-15)33-16-3-4-19(26)30-12-16)1-2-14(17)8-21(36)34-20-9-18(37-35-20)23(5-6-23)24(27,28)29/h1-4,7,9-12H,5-6,8H2,(H,31,32,33)(H,34,35,36). The van der Waals surface area contributed by atoms with Crippen LogP contribution >= 0.6 is 0 Å². The van der Waals surface area contributed by atoms with Crippen molar-refractivity contribution in [1.29, 1.82) is 0 Å². The van der Waals surface area contributed by atoms with Crippen LogP contribution in [0.5, 0.6) is 0 Å². The van der Waals surface area contributed by atoms with Crippen molar-refractivity contribution < 1.29 is 31.3 Å². The molecule has 4 aromatic rings. The zero-order valence-corrected chi connectivity index (χ0v) is 18.8. The van der Waals surface area contributed by atoms with Crippen molar-refractivity contribution in [2.75, 3.05) is 10.6 Å². The Morgan fingerprint density at radius 3 is 2.35 bits per heavy atom. The van der Waals surface area contributed by atoms with Gasteiger partial charge >= 0.3 is 6.18 Å². The molecule has 13 heteroatoms. The number of carbonyl (C=O) groups is 1. The highest BCUT2D eigenvalue weighted by Crippen LogP contribution is 2.59. The van der Waals surface area contributed by atoms with Crippen LogP contribution in [0.25, 0.3) is 11.1 Å². The van der Waals surface area contributed by atoms with E-state index in [1.807, 2.05) is 0 Å². The van der Waals surface area contributed by atoms with Gasteiger partial charge in [-0.25, -0.2) is 19.3 Å². The van der Waals surface area contributed by atoms with Gasteiger partial charge in [0.05, 0.1) is 18.3 Å². The van der Waals surface area contributed by atoms with Crippen molar-refractivity contribution in [2.45, 2.75) is 30.9 Å². The van der Waals surface area contributed by atoms with Crippen LogP contribution in [0.4, 0.5) is 39.4 Å². The first kappa shape index (κ1) is 24.3. The summed E-state index contributed by atoms with van der Waals surface area (Å²) in [6.07, 6.45) is -0.847. The molecule has 1 aliphatic rings. The zero-order valence-electron chi connectivity index (χ0n) is 18.8. The Labute approximate surface area is 205 Å². The summed E-state index contributed by atoms with van der Waals surface area (Å²) in [5.74, 6) is -2.26. The van der Waals surface area contributed by atoms with E-state index < -0.39 is 29.3 Å². The molecule has 3 heterocycles. The molecule has 37 heavy (non-hydrogen) atoms. The third-order valence-corrected chi connectivity index (χ3v) is 5.91. The van der Waals surface area contributed by atoms with E-state index in [9.17, 15) is 26.7 Å². The molecule has 0 spiro atoms. The summed E-state index contributed by atoms with van der Waals surface area (Å²) >= 11 is 0. The molecule has 2 N–H and O–H groups in total. The van der Waals surface area contributed by atoms with Gasteiger partial charge < -0.3 is 15.2 Å². The molecule has 3 aromatic heterocycles. The molecule has 0 aliphatic heterocycles. The third-order valence-electron chi connectivity index (χ3n) is 5.91. The van der Waals surface area contributed by atoms with Crippen LogP contribution in [0.15, 0.2) is 59.5 Å². The maximum absolute atomic E-state index is 14.7. The SMILES string of the molecule is O=C(Cc1ccc(-c2cnc(Nc3ccc(F)nc3)nc2)cc1F)Nc1cc(C2(C(F)(F)F)CC2)on1. The molecule has 1 aliphatic carbocycles. The van der Waals surface area contributed by atoms with Crippen molar-refractivity contribution in [1.82, 2.24) is 20.1 Å². The van der Waals surface area contributed by atoms with E-state index in [4.69, 9.17) is 4.52 Å². The van der Waals surface area contributed by atoms with Crippen LogP contribution < -0.4 is 10.6 Å². The van der Waals surface area contributed by atoms with E-state index in [-0.39, 0.29) is 42.4 Å². The number of benzene rings is 1. The second kappa shape index (κ2) is 9.22. The van der Waals surface area contributed by atoms with Gasteiger partial charge in [0.25, 0.3) is 0 Å². The van der Waals surface area contributed by atoms with Crippen molar-refractivity contribution in [3.05, 3.63) is 78.1 Å². The average molecular weight is 516 g/mol. The molecule has 0 radical (unpaired) electrons. The quantitative estimate of drug-likeness (QED) is 0.253. The molecule has 190 valence electrons. The lowest BCUT2D eigenvalue weighted by Gasteiger charge is -2.14. The lowest BCUT2D eigenvalue weighted by molar-refractivity contribution is -0.165. The number of nitrogens with zero attached hydrogens (tertiary/aromatic N) is 4. The number of anilines is 3. The van der Waals surface area contributed by atoms with Crippen LogP contribution in [-0.4, -0.2) is 32.2 Å². The highest BCUT2D eigenvalue weighted by Gasteiger charge is 2.66. The minimum Gasteiger partial charge on any atom is -0.358 e. The van der Waals surface area contributed by atoms with Gasteiger partial charge in [-0.05, 0) is 42.2 Å². The first-order valence-corrected chi connectivity index (χ1v) is 11.0. The minimum atomic E-state index is -4.47. The second-order valence-corrected chi connectivity index (χ2v) is 8.48. The fraction of sp³-hybridized carbons (Fsp3) is 0.208. The predicted octanol–water partition coefficient (Wildman–Crippen LogP) is 5.32. The number of carbonyl (C=O) groups excluding carboxylic acids is 1. The normalized spacial score (nSPS) is 14.3. The van der Waals surface area contributed by atoms with Gasteiger partial charge in [-0.3, -0.25) is 4.79 Å². The van der Waals surface area contributed by atoms with Crippen LogP contribution in [0, 0.1) is 11.8 Å². The fourth-order valence-corrected chi connectivity index (χ4v) is 3.70. The maximum Gasteiger partial charge on any atom is 0.401 e. The summed E-state index contributed by atoms with van der Waals surface area (Å²) < 4.78 is 72.1. The third kappa shape index (κ3) is 5.10. The van der Waals surface area contributed by atoms with E-state index in [1.165, 1.54) is 42.9 Å². The number of halogens is 5. The summed E-state index contributed by atoms with van der Waals surface area (Å²) in [4.78, 5) is 24.1. The van der Waals surface area contributed by atoms with E-state index >= 15 is 0 Å². The predicted molar refractivity (Wildman–Crippen MR) is 121 cm³/mol. The van der Waals surface area contributed by atoms with Crippen molar-refractivity contribution in [3.63, 3.8) is 0 Å². The number of aromatic nitrogens is 4.